The van der Waals surface area contributed by atoms with E-state index >= 15 is 0 Å². The Morgan fingerprint density at radius 3 is 2.17 bits per heavy atom. The Bertz CT molecular complexity index is 1020. The number of piperidine rings is 1. The summed E-state index contributed by atoms with van der Waals surface area (Å²) in [5.41, 5.74) is 0.531. The predicted octanol–water partition coefficient (Wildman–Crippen LogP) is 2.68. The summed E-state index contributed by atoms with van der Waals surface area (Å²) >= 11 is 0. The average molecular weight is 590 g/mol. The number of Topliss-reactive ketones (excluding diaryl/α,β-unsaturated/α-hetero) is 1. The van der Waals surface area contributed by atoms with E-state index in [0.29, 0.717) is 31.1 Å². The number of carbonyl (C=O) groups is 4. The van der Waals surface area contributed by atoms with E-state index in [4.69, 9.17) is 0 Å². The molecule has 3 N–H and O–H groups in total. The number of benzene rings is 1. The van der Waals surface area contributed by atoms with Gasteiger partial charge in [0.05, 0.1) is 12.1 Å². The van der Waals surface area contributed by atoms with E-state index in [1.807, 2.05) is 7.05 Å². The second-order valence-electron chi connectivity index (χ2n) is 10.5. The Balaban J connectivity index is 0.00000560. The van der Waals surface area contributed by atoms with E-state index in [1.54, 1.807) is 49.1 Å². The van der Waals surface area contributed by atoms with Gasteiger partial charge in [-0.25, -0.2) is 4.79 Å². The van der Waals surface area contributed by atoms with Gasteiger partial charge in [-0.15, -0.1) is 12.4 Å². The van der Waals surface area contributed by atoms with Crippen molar-refractivity contribution in [2.24, 2.45) is 5.92 Å². The monoisotopic (exact) mass is 589 g/mol. The number of ketones is 1. The number of imide groups is 1. The van der Waals surface area contributed by atoms with Crippen molar-refractivity contribution in [2.75, 3.05) is 26.7 Å². The SMILES string of the molecule is CNC1CCN(C(=O)N[C@H](C(=O)NC(=O)[C@@H]2CCCN2[C@@H](Cc2ccccc2)C(=O)C(F)(F)F)C(C)C)CC1.Cl. The smallest absolute Gasteiger partial charge is 0.326 e. The first-order valence-electron chi connectivity index (χ1n) is 13.4. The number of hydrogen-bond acceptors (Lipinski definition) is 6. The maximum Gasteiger partial charge on any atom is 0.451 e. The summed E-state index contributed by atoms with van der Waals surface area (Å²) in [7, 11) is 1.87. The summed E-state index contributed by atoms with van der Waals surface area (Å²) in [4.78, 5) is 54.4. The van der Waals surface area contributed by atoms with Gasteiger partial charge < -0.3 is 15.5 Å². The molecule has 2 fully saturated rings. The van der Waals surface area contributed by atoms with Crippen LogP contribution in [0.4, 0.5) is 18.0 Å². The quantitative estimate of drug-likeness (QED) is 0.409. The average Bonchev–Trinajstić information content (AvgIpc) is 3.39. The number of hydrogen-bond donors (Lipinski definition) is 3. The highest BCUT2D eigenvalue weighted by Crippen LogP contribution is 2.28. The van der Waals surface area contributed by atoms with E-state index in [0.717, 1.165) is 12.8 Å². The molecule has 40 heavy (non-hydrogen) atoms. The number of urea groups is 1. The predicted molar refractivity (Wildman–Crippen MR) is 146 cm³/mol. The Morgan fingerprint density at radius 1 is 1.00 bits per heavy atom. The number of likely N-dealkylation sites (tertiary alicyclic amines) is 2. The second kappa shape index (κ2) is 14.8. The van der Waals surface area contributed by atoms with Crippen LogP contribution in [0.25, 0.3) is 0 Å². The topological polar surface area (TPSA) is 111 Å². The molecule has 0 bridgehead atoms. The van der Waals surface area contributed by atoms with Crippen LogP contribution in [0.15, 0.2) is 30.3 Å². The Kier molecular flexibility index (Phi) is 12.4. The number of amides is 4. The van der Waals surface area contributed by atoms with Gasteiger partial charge in [-0.2, -0.15) is 13.2 Å². The van der Waals surface area contributed by atoms with Crippen LogP contribution in [0.3, 0.4) is 0 Å². The molecular formula is C27H39ClF3N5O4. The number of carbonyl (C=O) groups excluding carboxylic acids is 4. The zero-order valence-electron chi connectivity index (χ0n) is 23.0. The lowest BCUT2D eigenvalue weighted by atomic mass is 9.99. The molecule has 4 amide bonds. The van der Waals surface area contributed by atoms with Gasteiger partial charge in [0.2, 0.25) is 11.8 Å². The van der Waals surface area contributed by atoms with Crippen LogP contribution in [-0.4, -0.2) is 90.5 Å². The molecule has 3 rings (SSSR count). The van der Waals surface area contributed by atoms with Crippen LogP contribution >= 0.6 is 12.4 Å². The van der Waals surface area contributed by atoms with Crippen molar-refractivity contribution in [3.63, 3.8) is 0 Å². The molecule has 0 aromatic heterocycles. The van der Waals surface area contributed by atoms with E-state index in [1.165, 1.54) is 4.90 Å². The second-order valence-corrected chi connectivity index (χ2v) is 10.5. The molecule has 0 saturated carbocycles. The lowest BCUT2D eigenvalue weighted by molar-refractivity contribution is -0.177. The van der Waals surface area contributed by atoms with E-state index < -0.39 is 47.9 Å². The summed E-state index contributed by atoms with van der Waals surface area (Å²) in [5, 5.41) is 8.19. The summed E-state index contributed by atoms with van der Waals surface area (Å²) in [5.74, 6) is -3.79. The third kappa shape index (κ3) is 8.65. The molecule has 1 aromatic carbocycles. The third-order valence-electron chi connectivity index (χ3n) is 7.52. The van der Waals surface area contributed by atoms with Crippen molar-refractivity contribution in [1.82, 2.24) is 25.8 Å². The minimum Gasteiger partial charge on any atom is -0.326 e. The van der Waals surface area contributed by atoms with Gasteiger partial charge in [-0.1, -0.05) is 44.2 Å². The van der Waals surface area contributed by atoms with E-state index in [9.17, 15) is 32.3 Å². The number of alkyl halides is 3. The highest BCUT2D eigenvalue weighted by molar-refractivity contribution is 6.01. The fraction of sp³-hybridized carbons (Fsp3) is 0.630. The van der Waals surface area contributed by atoms with Crippen molar-refractivity contribution in [3.05, 3.63) is 35.9 Å². The summed E-state index contributed by atoms with van der Waals surface area (Å²) < 4.78 is 40.6. The lowest BCUT2D eigenvalue weighted by Gasteiger charge is -2.34. The summed E-state index contributed by atoms with van der Waals surface area (Å²) in [6.45, 7) is 4.61. The van der Waals surface area contributed by atoms with Crippen LogP contribution in [0.1, 0.15) is 45.1 Å². The van der Waals surface area contributed by atoms with Gasteiger partial charge in [-0.05, 0) is 57.2 Å². The number of nitrogens with one attached hydrogen (secondary N) is 3. The molecule has 2 saturated heterocycles. The van der Waals surface area contributed by atoms with Crippen LogP contribution in [-0.2, 0) is 20.8 Å². The zero-order chi connectivity index (χ0) is 28.7. The van der Waals surface area contributed by atoms with Crippen molar-refractivity contribution in [2.45, 2.75) is 76.3 Å². The van der Waals surface area contributed by atoms with Gasteiger partial charge >= 0.3 is 12.2 Å². The maximum atomic E-state index is 13.5. The van der Waals surface area contributed by atoms with Crippen molar-refractivity contribution in [1.29, 1.82) is 0 Å². The summed E-state index contributed by atoms with van der Waals surface area (Å²) in [6, 6.07) is 4.52. The fourth-order valence-corrected chi connectivity index (χ4v) is 5.24. The molecule has 3 atom stereocenters. The molecule has 13 heteroatoms. The molecule has 0 spiro atoms. The van der Waals surface area contributed by atoms with Gasteiger partial charge in [0.15, 0.2) is 0 Å². The standard InChI is InChI=1S/C27H38F3N5O4.ClH/c1-17(2)22(32-26(39)34-14-11-19(31-3)12-15-34)25(38)33-24(37)20-10-7-13-35(20)21(23(36)27(28,29)30)16-18-8-5-4-6-9-18;/h4-6,8-9,17,19-22,31H,7,10-16H2,1-3H3,(H,32,39)(H,33,37,38);1H/t20-,21-,22-;/m0./s1. The Labute approximate surface area is 239 Å². The largest absolute Gasteiger partial charge is 0.451 e. The molecule has 224 valence electrons. The van der Waals surface area contributed by atoms with Crippen LogP contribution in [0.5, 0.6) is 0 Å². The first-order chi connectivity index (χ1) is 18.4. The first kappa shape index (κ1) is 33.5. The van der Waals surface area contributed by atoms with E-state index in [-0.39, 0.29) is 37.7 Å². The van der Waals surface area contributed by atoms with Crippen LogP contribution < -0.4 is 16.0 Å². The van der Waals surface area contributed by atoms with Crippen LogP contribution in [0.2, 0.25) is 0 Å². The first-order valence-corrected chi connectivity index (χ1v) is 13.4. The van der Waals surface area contributed by atoms with E-state index in [2.05, 4.69) is 16.0 Å². The number of halogens is 4. The Hall–Kier alpha value is -2.70. The number of nitrogens with zero attached hydrogens (tertiary/aromatic N) is 2. The van der Waals surface area contributed by atoms with Gasteiger partial charge in [0.25, 0.3) is 5.78 Å². The van der Waals surface area contributed by atoms with Gasteiger partial charge in [0, 0.05) is 19.1 Å². The minimum atomic E-state index is -5.08. The van der Waals surface area contributed by atoms with Gasteiger partial charge in [0.1, 0.15) is 6.04 Å². The highest BCUT2D eigenvalue weighted by atomic mass is 35.5. The third-order valence-corrected chi connectivity index (χ3v) is 7.52. The normalized spacial score (nSPS) is 20.0. The van der Waals surface area contributed by atoms with Crippen molar-refractivity contribution in [3.8, 4) is 0 Å². The molecular weight excluding hydrogens is 551 g/mol. The molecule has 1 aromatic rings. The van der Waals surface area contributed by atoms with Crippen molar-refractivity contribution < 1.29 is 32.3 Å². The minimum absolute atomic E-state index is 0. The fourth-order valence-electron chi connectivity index (χ4n) is 5.24. The van der Waals surface area contributed by atoms with Crippen LogP contribution in [0, 0.1) is 5.92 Å². The zero-order valence-corrected chi connectivity index (χ0v) is 23.8. The molecule has 0 aliphatic carbocycles. The molecule has 2 aliphatic rings. The van der Waals surface area contributed by atoms with Crippen molar-refractivity contribution >= 4 is 36.0 Å². The Morgan fingerprint density at radius 2 is 1.62 bits per heavy atom. The number of rotatable bonds is 9. The molecule has 9 nitrogen and oxygen atoms in total. The molecule has 0 unspecified atom stereocenters. The molecule has 2 heterocycles. The highest BCUT2D eigenvalue weighted by Gasteiger charge is 2.49. The lowest BCUT2D eigenvalue weighted by Crippen LogP contribution is -2.59. The molecule has 0 radical (unpaired) electrons. The molecule has 2 aliphatic heterocycles. The maximum absolute atomic E-state index is 13.5. The summed E-state index contributed by atoms with van der Waals surface area (Å²) in [6.07, 6.45) is -3.14. The van der Waals surface area contributed by atoms with Gasteiger partial charge in [-0.3, -0.25) is 24.6 Å².